The van der Waals surface area contributed by atoms with Crippen molar-refractivity contribution in [1.29, 1.82) is 0 Å². The van der Waals surface area contributed by atoms with E-state index < -0.39 is 22.0 Å². The highest BCUT2D eigenvalue weighted by Crippen LogP contribution is 2.37. The molecule has 0 saturated heterocycles. The molecule has 3 aromatic carbocycles. The van der Waals surface area contributed by atoms with Crippen LogP contribution in [-0.2, 0) is 14.8 Å². The lowest BCUT2D eigenvalue weighted by Crippen LogP contribution is -2.48. The number of hydrogen-bond donors (Lipinski definition) is 1. The molecule has 0 radical (unpaired) electrons. The van der Waals surface area contributed by atoms with Gasteiger partial charge in [-0.3, -0.25) is 14.4 Å². The number of nitrogens with zero attached hydrogens (tertiary/aromatic N) is 3. The van der Waals surface area contributed by atoms with Crippen LogP contribution >= 0.6 is 11.3 Å². The number of carbonyl (C=O) groups excluding carboxylic acids is 1. The fraction of sp³-hybridized carbons (Fsp3) is 0.125. The van der Waals surface area contributed by atoms with Crippen LogP contribution in [0.15, 0.2) is 83.8 Å². The van der Waals surface area contributed by atoms with Gasteiger partial charge in [0.2, 0.25) is 5.13 Å². The number of methoxy groups -OCH3 is 1. The summed E-state index contributed by atoms with van der Waals surface area (Å²) in [6.45, 7) is -0.190. The summed E-state index contributed by atoms with van der Waals surface area (Å²) < 4.78 is 39.0. The molecule has 0 unspecified atom stereocenters. The van der Waals surface area contributed by atoms with Crippen molar-refractivity contribution >= 4 is 38.1 Å². The summed E-state index contributed by atoms with van der Waals surface area (Å²) in [7, 11) is -2.33. The lowest BCUT2D eigenvalue weighted by atomic mass is 10.2. The predicted molar refractivity (Wildman–Crippen MR) is 132 cm³/mol. The van der Waals surface area contributed by atoms with Gasteiger partial charge in [0, 0.05) is 5.56 Å². The van der Waals surface area contributed by atoms with Gasteiger partial charge in [-0.15, -0.1) is 10.2 Å². The molecule has 0 spiro atoms. The van der Waals surface area contributed by atoms with E-state index in [1.165, 1.54) is 27.8 Å². The van der Waals surface area contributed by atoms with Crippen molar-refractivity contribution in [2.24, 2.45) is 0 Å². The van der Waals surface area contributed by atoms with Gasteiger partial charge < -0.3 is 9.47 Å². The van der Waals surface area contributed by atoms with Gasteiger partial charge in [-0.2, -0.15) is 0 Å². The summed E-state index contributed by atoms with van der Waals surface area (Å²) in [5.41, 5.74) is 1.20. The Labute approximate surface area is 206 Å². The van der Waals surface area contributed by atoms with Gasteiger partial charge in [-0.1, -0.05) is 41.7 Å². The summed E-state index contributed by atoms with van der Waals surface area (Å²) >= 11 is 1.20. The number of fused-ring (bicyclic) bond motifs is 1. The summed E-state index contributed by atoms with van der Waals surface area (Å²) in [6, 6.07) is 22.1. The monoisotopic (exact) mass is 508 g/mol. The van der Waals surface area contributed by atoms with E-state index in [2.05, 4.69) is 15.5 Å². The number of aromatic nitrogens is 2. The maximum absolute atomic E-state index is 13.4. The minimum absolute atomic E-state index is 0.129. The average molecular weight is 509 g/mol. The first kappa shape index (κ1) is 22.8. The number of nitrogens with one attached hydrogen (secondary N) is 1. The second-order valence-electron chi connectivity index (χ2n) is 7.55. The first-order chi connectivity index (χ1) is 17.0. The quantitative estimate of drug-likeness (QED) is 0.422. The van der Waals surface area contributed by atoms with Crippen molar-refractivity contribution < 1.29 is 22.7 Å². The van der Waals surface area contributed by atoms with Gasteiger partial charge in [-0.25, -0.2) is 8.42 Å². The first-order valence-electron chi connectivity index (χ1n) is 10.6. The Bertz CT molecular complexity index is 1460. The molecule has 1 aliphatic rings. The molecule has 1 N–H and O–H groups in total. The fourth-order valence-electron chi connectivity index (χ4n) is 3.60. The average Bonchev–Trinajstić information content (AvgIpc) is 3.37. The van der Waals surface area contributed by atoms with E-state index in [9.17, 15) is 13.2 Å². The SMILES string of the molecule is COc1ccc(-c2nnc(NC(=O)[C@H]3CN(S(=O)(=O)c4ccccc4)c4ccccc4O3)s2)cc1. The minimum Gasteiger partial charge on any atom is -0.497 e. The maximum Gasteiger partial charge on any atom is 0.269 e. The molecule has 9 nitrogen and oxygen atoms in total. The van der Waals surface area contributed by atoms with Crippen LogP contribution in [-0.4, -0.2) is 44.3 Å². The van der Waals surface area contributed by atoms with E-state index in [4.69, 9.17) is 9.47 Å². The Morgan fingerprint density at radius 2 is 1.74 bits per heavy atom. The van der Waals surface area contributed by atoms with Gasteiger partial charge in [0.15, 0.2) is 6.10 Å². The number of ether oxygens (including phenoxy) is 2. The van der Waals surface area contributed by atoms with Crippen LogP contribution in [0, 0.1) is 0 Å². The van der Waals surface area contributed by atoms with Crippen molar-refractivity contribution in [3.63, 3.8) is 0 Å². The summed E-state index contributed by atoms with van der Waals surface area (Å²) in [5.74, 6) is 0.497. The van der Waals surface area contributed by atoms with Crippen molar-refractivity contribution in [2.45, 2.75) is 11.0 Å². The highest BCUT2D eigenvalue weighted by Gasteiger charge is 2.37. The van der Waals surface area contributed by atoms with Crippen LogP contribution in [0.3, 0.4) is 0 Å². The number of sulfonamides is 1. The molecule has 1 amide bonds. The van der Waals surface area contributed by atoms with Gasteiger partial charge in [0.05, 0.1) is 24.2 Å². The zero-order chi connectivity index (χ0) is 24.4. The molecule has 1 aromatic heterocycles. The van der Waals surface area contributed by atoms with Crippen molar-refractivity contribution in [3.8, 4) is 22.1 Å². The van der Waals surface area contributed by atoms with Crippen LogP contribution in [0.5, 0.6) is 11.5 Å². The van der Waals surface area contributed by atoms with Gasteiger partial charge in [-0.05, 0) is 48.5 Å². The van der Waals surface area contributed by atoms with Crippen molar-refractivity contribution in [3.05, 3.63) is 78.9 Å². The maximum atomic E-state index is 13.4. The lowest BCUT2D eigenvalue weighted by Gasteiger charge is -2.34. The minimum atomic E-state index is -3.91. The molecule has 0 bridgehead atoms. The van der Waals surface area contributed by atoms with Gasteiger partial charge >= 0.3 is 0 Å². The molecule has 178 valence electrons. The van der Waals surface area contributed by atoms with E-state index in [1.807, 2.05) is 24.3 Å². The number of rotatable bonds is 6. The topological polar surface area (TPSA) is 111 Å². The number of anilines is 2. The molecule has 11 heteroatoms. The van der Waals surface area contributed by atoms with E-state index in [0.29, 0.717) is 16.4 Å². The third-order valence-electron chi connectivity index (χ3n) is 5.35. The smallest absolute Gasteiger partial charge is 0.269 e. The highest BCUT2D eigenvalue weighted by atomic mass is 32.2. The summed E-state index contributed by atoms with van der Waals surface area (Å²) in [5, 5.41) is 11.8. The molecule has 5 rings (SSSR count). The van der Waals surface area contributed by atoms with Crippen molar-refractivity contribution in [1.82, 2.24) is 10.2 Å². The third-order valence-corrected chi connectivity index (χ3v) is 8.03. The number of carbonyl (C=O) groups is 1. The zero-order valence-corrected chi connectivity index (χ0v) is 20.1. The Balaban J connectivity index is 1.38. The molecule has 1 atom stereocenters. The number of para-hydroxylation sites is 2. The number of benzene rings is 3. The normalized spacial score (nSPS) is 15.1. The Kier molecular flexibility index (Phi) is 6.10. The lowest BCUT2D eigenvalue weighted by molar-refractivity contribution is -0.122. The summed E-state index contributed by atoms with van der Waals surface area (Å²) in [6.07, 6.45) is -1.09. The molecule has 0 aliphatic carbocycles. The van der Waals surface area contributed by atoms with Gasteiger partial charge in [0.25, 0.3) is 15.9 Å². The molecular weight excluding hydrogens is 488 g/mol. The van der Waals surface area contributed by atoms with Gasteiger partial charge in [0.1, 0.15) is 16.5 Å². The second kappa shape index (κ2) is 9.35. The molecule has 35 heavy (non-hydrogen) atoms. The van der Waals surface area contributed by atoms with Crippen LogP contribution in [0.25, 0.3) is 10.6 Å². The van der Waals surface area contributed by atoms with Crippen LogP contribution < -0.4 is 19.1 Å². The van der Waals surface area contributed by atoms with E-state index in [1.54, 1.807) is 49.6 Å². The van der Waals surface area contributed by atoms with Crippen LogP contribution in [0.4, 0.5) is 10.8 Å². The zero-order valence-electron chi connectivity index (χ0n) is 18.5. The Morgan fingerprint density at radius 3 is 2.49 bits per heavy atom. The van der Waals surface area contributed by atoms with E-state index in [0.717, 1.165) is 11.3 Å². The van der Waals surface area contributed by atoms with E-state index >= 15 is 0 Å². The van der Waals surface area contributed by atoms with Crippen LogP contribution in [0.2, 0.25) is 0 Å². The Morgan fingerprint density at radius 1 is 1.03 bits per heavy atom. The van der Waals surface area contributed by atoms with Crippen molar-refractivity contribution in [2.75, 3.05) is 23.3 Å². The molecule has 0 saturated carbocycles. The molecule has 2 heterocycles. The molecule has 4 aromatic rings. The second-order valence-corrected chi connectivity index (χ2v) is 10.4. The fourth-order valence-corrected chi connectivity index (χ4v) is 5.84. The highest BCUT2D eigenvalue weighted by molar-refractivity contribution is 7.92. The number of hydrogen-bond acceptors (Lipinski definition) is 8. The first-order valence-corrected chi connectivity index (χ1v) is 12.8. The number of amides is 1. The largest absolute Gasteiger partial charge is 0.497 e. The van der Waals surface area contributed by atoms with E-state index in [-0.39, 0.29) is 16.6 Å². The van der Waals surface area contributed by atoms with Crippen LogP contribution in [0.1, 0.15) is 0 Å². The molecular formula is C24H20N4O5S2. The molecule has 0 fully saturated rings. The Hall–Kier alpha value is -3.96. The third kappa shape index (κ3) is 4.55. The molecule has 1 aliphatic heterocycles. The summed E-state index contributed by atoms with van der Waals surface area (Å²) in [4.78, 5) is 13.2. The standard InChI is InChI=1S/C24H20N4O5S2/c1-32-17-13-11-16(12-14-17)23-26-27-24(34-23)25-22(29)21-15-28(19-9-5-6-10-20(19)33-21)35(30,31)18-7-3-2-4-8-18/h2-14,21H,15H2,1H3,(H,25,27,29)/t21-/m1/s1. The predicted octanol–water partition coefficient (Wildman–Crippen LogP) is 3.81.